The van der Waals surface area contributed by atoms with E-state index in [1.54, 1.807) is 12.1 Å². The van der Waals surface area contributed by atoms with E-state index in [0.29, 0.717) is 10.7 Å². The number of halogens is 1. The molecule has 0 atom stereocenters. The number of hydrogen-bond donors (Lipinski definition) is 0. The molecule has 1 aromatic carbocycles. The maximum atomic E-state index is 12.8. The van der Waals surface area contributed by atoms with Crippen molar-refractivity contribution < 1.29 is 14.5 Å². The summed E-state index contributed by atoms with van der Waals surface area (Å²) in [7, 11) is 0. The van der Waals surface area contributed by atoms with Gasteiger partial charge in [0.25, 0.3) is 5.69 Å². The number of ketones is 2. The van der Waals surface area contributed by atoms with E-state index in [2.05, 4.69) is 4.98 Å². The Labute approximate surface area is 133 Å². The molecule has 2 aromatic heterocycles. The fourth-order valence-corrected chi connectivity index (χ4v) is 2.92. The van der Waals surface area contributed by atoms with Gasteiger partial charge in [-0.05, 0) is 18.2 Å². The molecule has 0 N–H and O–H groups in total. The lowest BCUT2D eigenvalue weighted by molar-refractivity contribution is -0.385. The number of nitrogens with zero attached hydrogens (tertiary/aromatic N) is 3. The Hall–Kier alpha value is -3.06. The highest BCUT2D eigenvalue weighted by Crippen LogP contribution is 2.33. The van der Waals surface area contributed by atoms with Crippen molar-refractivity contribution in [3.05, 3.63) is 74.2 Å². The number of pyridine rings is 1. The molecule has 0 fully saturated rings. The van der Waals surface area contributed by atoms with Crippen LogP contribution in [-0.2, 0) is 0 Å². The first-order valence-corrected chi connectivity index (χ1v) is 6.91. The highest BCUT2D eigenvalue weighted by Gasteiger charge is 2.38. The Balaban J connectivity index is 2.11. The SMILES string of the molecule is O=C1c2cccc([N+](=O)[O-])c2C(=O)c2c1nc1ccc(Cl)cn21. The van der Waals surface area contributed by atoms with Crippen LogP contribution in [0.2, 0.25) is 5.02 Å². The van der Waals surface area contributed by atoms with E-state index in [9.17, 15) is 19.7 Å². The van der Waals surface area contributed by atoms with Crippen LogP contribution in [0.15, 0.2) is 36.5 Å². The lowest BCUT2D eigenvalue weighted by Gasteiger charge is -2.13. The lowest BCUT2D eigenvalue weighted by Crippen LogP contribution is -2.23. The molecule has 0 saturated carbocycles. The van der Waals surface area contributed by atoms with E-state index in [1.807, 2.05) is 0 Å². The van der Waals surface area contributed by atoms with E-state index < -0.39 is 22.2 Å². The Kier molecular flexibility index (Phi) is 2.64. The van der Waals surface area contributed by atoms with Crippen molar-refractivity contribution in [3.8, 4) is 0 Å². The van der Waals surface area contributed by atoms with E-state index in [0.717, 1.165) is 0 Å². The third-order valence-electron chi connectivity index (χ3n) is 3.72. The molecular formula is C15H6ClN3O4. The summed E-state index contributed by atoms with van der Waals surface area (Å²) in [5, 5.41) is 11.5. The first-order chi connectivity index (χ1) is 11.0. The number of hydrogen-bond acceptors (Lipinski definition) is 5. The quantitative estimate of drug-likeness (QED) is 0.395. The van der Waals surface area contributed by atoms with E-state index in [1.165, 1.54) is 28.8 Å². The van der Waals surface area contributed by atoms with Crippen molar-refractivity contribution in [1.29, 1.82) is 0 Å². The van der Waals surface area contributed by atoms with Gasteiger partial charge in [0.1, 0.15) is 22.6 Å². The standard InChI is InChI=1S/C15H6ClN3O4/c16-7-4-5-10-17-12-13(18(10)6-7)15(21)11-8(14(12)20)2-1-3-9(11)19(22)23/h1-6H. The lowest BCUT2D eigenvalue weighted by atomic mass is 9.89. The molecule has 2 heterocycles. The summed E-state index contributed by atoms with van der Waals surface area (Å²) in [5.74, 6) is -1.13. The fourth-order valence-electron chi connectivity index (χ4n) is 2.76. The van der Waals surface area contributed by atoms with E-state index >= 15 is 0 Å². The van der Waals surface area contributed by atoms with Crippen LogP contribution in [0.4, 0.5) is 5.69 Å². The molecule has 112 valence electrons. The van der Waals surface area contributed by atoms with E-state index in [4.69, 9.17) is 11.6 Å². The third kappa shape index (κ3) is 1.74. The molecule has 0 spiro atoms. The number of benzene rings is 1. The van der Waals surface area contributed by atoms with Gasteiger partial charge in [0.2, 0.25) is 11.6 Å². The predicted molar refractivity (Wildman–Crippen MR) is 80.2 cm³/mol. The molecule has 1 aliphatic carbocycles. The highest BCUT2D eigenvalue weighted by molar-refractivity contribution is 6.31. The van der Waals surface area contributed by atoms with Gasteiger partial charge in [-0.2, -0.15) is 0 Å². The zero-order valence-electron chi connectivity index (χ0n) is 11.3. The number of nitro groups is 1. The summed E-state index contributed by atoms with van der Waals surface area (Å²) in [6.07, 6.45) is 1.45. The number of nitro benzene ring substituents is 1. The van der Waals surface area contributed by atoms with Crippen LogP contribution in [0.1, 0.15) is 32.1 Å². The number of aromatic nitrogens is 2. The molecule has 7 nitrogen and oxygen atoms in total. The number of carbonyl (C=O) groups excluding carboxylic acids is 2. The van der Waals surface area contributed by atoms with E-state index in [-0.39, 0.29) is 22.5 Å². The zero-order valence-corrected chi connectivity index (χ0v) is 12.1. The summed E-state index contributed by atoms with van der Waals surface area (Å²) >= 11 is 5.93. The van der Waals surface area contributed by atoms with Crippen molar-refractivity contribution in [2.75, 3.05) is 0 Å². The van der Waals surface area contributed by atoms with Gasteiger partial charge in [-0.3, -0.25) is 24.1 Å². The van der Waals surface area contributed by atoms with Crippen LogP contribution in [0, 0.1) is 10.1 Å². The molecule has 23 heavy (non-hydrogen) atoms. The molecule has 0 amide bonds. The molecule has 0 saturated heterocycles. The smallest absolute Gasteiger partial charge is 0.281 e. The van der Waals surface area contributed by atoms with Gasteiger partial charge < -0.3 is 0 Å². The first kappa shape index (κ1) is 13.6. The zero-order chi connectivity index (χ0) is 16.3. The summed E-state index contributed by atoms with van der Waals surface area (Å²) in [4.78, 5) is 40.1. The molecule has 0 unspecified atom stereocenters. The minimum atomic E-state index is -0.675. The Bertz CT molecular complexity index is 1050. The minimum Gasteiger partial charge on any atom is -0.295 e. The molecule has 0 aliphatic heterocycles. The third-order valence-corrected chi connectivity index (χ3v) is 3.95. The van der Waals surface area contributed by atoms with Crippen LogP contribution in [-0.4, -0.2) is 25.9 Å². The summed E-state index contributed by atoms with van der Waals surface area (Å²) in [5.41, 5.74) is -0.275. The molecular weight excluding hydrogens is 322 g/mol. The van der Waals surface area contributed by atoms with Crippen molar-refractivity contribution in [2.24, 2.45) is 0 Å². The summed E-state index contributed by atoms with van der Waals surface area (Å²) in [6, 6.07) is 7.12. The van der Waals surface area contributed by atoms with Gasteiger partial charge in [0, 0.05) is 17.8 Å². The number of imidazole rings is 1. The van der Waals surface area contributed by atoms with Crippen LogP contribution in [0.3, 0.4) is 0 Å². The predicted octanol–water partition coefficient (Wildman–Crippen LogP) is 2.67. The maximum absolute atomic E-state index is 12.8. The van der Waals surface area contributed by atoms with Crippen molar-refractivity contribution in [3.63, 3.8) is 0 Å². The first-order valence-electron chi connectivity index (χ1n) is 6.53. The Morgan fingerprint density at radius 1 is 1.13 bits per heavy atom. The minimum absolute atomic E-state index is 0.00528. The van der Waals surface area contributed by atoms with Crippen molar-refractivity contribution in [1.82, 2.24) is 9.38 Å². The summed E-state index contributed by atoms with van der Waals surface area (Å²) in [6.45, 7) is 0. The molecule has 1 aliphatic rings. The molecule has 4 rings (SSSR count). The van der Waals surface area contributed by atoms with Crippen LogP contribution in [0.5, 0.6) is 0 Å². The normalized spacial score (nSPS) is 13.1. The average Bonchev–Trinajstić information content (AvgIpc) is 2.90. The summed E-state index contributed by atoms with van der Waals surface area (Å²) < 4.78 is 1.39. The second-order valence-electron chi connectivity index (χ2n) is 5.00. The van der Waals surface area contributed by atoms with Gasteiger partial charge >= 0.3 is 0 Å². The van der Waals surface area contributed by atoms with Crippen molar-refractivity contribution >= 4 is 34.5 Å². The highest BCUT2D eigenvalue weighted by atomic mass is 35.5. The van der Waals surface area contributed by atoms with Crippen LogP contribution < -0.4 is 0 Å². The topological polar surface area (TPSA) is 94.6 Å². The largest absolute Gasteiger partial charge is 0.295 e. The second kappa shape index (κ2) is 4.47. The van der Waals surface area contributed by atoms with Gasteiger partial charge in [-0.1, -0.05) is 17.7 Å². The maximum Gasteiger partial charge on any atom is 0.281 e. The number of carbonyl (C=O) groups is 2. The molecule has 8 heteroatoms. The van der Waals surface area contributed by atoms with Gasteiger partial charge in [-0.15, -0.1) is 0 Å². The molecule has 0 bridgehead atoms. The van der Waals surface area contributed by atoms with Gasteiger partial charge in [-0.25, -0.2) is 4.98 Å². The Morgan fingerprint density at radius 3 is 2.65 bits per heavy atom. The Morgan fingerprint density at radius 2 is 1.91 bits per heavy atom. The average molecular weight is 328 g/mol. The van der Waals surface area contributed by atoms with Crippen molar-refractivity contribution in [2.45, 2.75) is 0 Å². The molecule has 0 radical (unpaired) electrons. The fraction of sp³-hybridized carbons (Fsp3) is 0. The number of rotatable bonds is 1. The van der Waals surface area contributed by atoms with Crippen LogP contribution in [0.25, 0.3) is 5.65 Å². The van der Waals surface area contributed by atoms with Gasteiger partial charge in [0.05, 0.1) is 9.95 Å². The monoisotopic (exact) mass is 327 g/mol. The second-order valence-corrected chi connectivity index (χ2v) is 5.44. The molecule has 3 aromatic rings. The van der Waals surface area contributed by atoms with Gasteiger partial charge in [0.15, 0.2) is 0 Å². The number of fused-ring (bicyclic) bond motifs is 4. The van der Waals surface area contributed by atoms with Crippen LogP contribution >= 0.6 is 11.6 Å².